The van der Waals surface area contributed by atoms with Crippen molar-refractivity contribution in [1.82, 2.24) is 9.88 Å². The van der Waals surface area contributed by atoms with E-state index in [2.05, 4.69) is 39.4 Å². The molecule has 33 heavy (non-hydrogen) atoms. The molecule has 1 aliphatic heterocycles. The molecule has 0 radical (unpaired) electrons. The lowest BCUT2D eigenvalue weighted by molar-refractivity contribution is -0.121. The van der Waals surface area contributed by atoms with Crippen LogP contribution >= 0.6 is 15.9 Å². The molecule has 3 atom stereocenters. The summed E-state index contributed by atoms with van der Waals surface area (Å²) in [5, 5.41) is 2.94. The first-order valence-electron chi connectivity index (χ1n) is 11.4. The van der Waals surface area contributed by atoms with Crippen molar-refractivity contribution in [3.8, 4) is 0 Å². The molecular formula is C25H34BrN3O4. The molecule has 1 saturated heterocycles. The number of nitrogens with one attached hydrogen (secondary N) is 1. The van der Waals surface area contributed by atoms with Gasteiger partial charge in [-0.05, 0) is 80.3 Å². The Morgan fingerprint density at radius 3 is 2.73 bits per heavy atom. The number of allylic oxidation sites excluding steroid dienone is 1. The minimum absolute atomic E-state index is 0.0253. The van der Waals surface area contributed by atoms with Crippen LogP contribution in [0.3, 0.4) is 0 Å². The molecule has 2 heterocycles. The highest BCUT2D eigenvalue weighted by Crippen LogP contribution is 2.62. The summed E-state index contributed by atoms with van der Waals surface area (Å²) in [7, 11) is 0. The fourth-order valence-corrected chi connectivity index (χ4v) is 4.85. The highest BCUT2D eigenvalue weighted by molar-refractivity contribution is 9.10. The summed E-state index contributed by atoms with van der Waals surface area (Å²) in [6.07, 6.45) is 7.55. The van der Waals surface area contributed by atoms with Crippen molar-refractivity contribution in [3.05, 3.63) is 47.6 Å². The van der Waals surface area contributed by atoms with Crippen LogP contribution in [-0.2, 0) is 20.9 Å². The van der Waals surface area contributed by atoms with E-state index < -0.39 is 17.7 Å². The molecule has 2 aliphatic rings. The molecule has 7 nitrogen and oxygen atoms in total. The molecule has 1 saturated carbocycles. The number of fused-ring (bicyclic) bond motifs is 1. The number of halogens is 1. The fourth-order valence-electron chi connectivity index (χ4n) is 4.54. The normalized spacial score (nSPS) is 23.6. The molecule has 3 unspecified atom stereocenters. The van der Waals surface area contributed by atoms with Crippen LogP contribution < -0.4 is 5.32 Å². The number of amides is 2. The average Bonchev–Trinajstić information content (AvgIpc) is 3.32. The Morgan fingerprint density at radius 1 is 1.30 bits per heavy atom. The predicted molar refractivity (Wildman–Crippen MR) is 132 cm³/mol. The van der Waals surface area contributed by atoms with Crippen molar-refractivity contribution < 1.29 is 19.1 Å². The largest absolute Gasteiger partial charge is 0.444 e. The predicted octanol–water partition coefficient (Wildman–Crippen LogP) is 5.61. The van der Waals surface area contributed by atoms with Crippen molar-refractivity contribution >= 4 is 33.7 Å². The molecule has 1 aliphatic carbocycles. The maximum atomic E-state index is 13.4. The molecule has 8 heteroatoms. The number of carbonyl (C=O) groups is 2. The molecule has 1 N–H and O–H groups in total. The number of hydrogen-bond acceptors (Lipinski definition) is 5. The van der Waals surface area contributed by atoms with Gasteiger partial charge < -0.3 is 14.8 Å². The summed E-state index contributed by atoms with van der Waals surface area (Å²) >= 11 is 3.37. The highest BCUT2D eigenvalue weighted by Gasteiger charge is 2.67. The molecular weight excluding hydrogens is 486 g/mol. The molecule has 0 spiro atoms. The van der Waals surface area contributed by atoms with Crippen LogP contribution in [0, 0.1) is 5.41 Å². The van der Waals surface area contributed by atoms with Crippen molar-refractivity contribution in [2.45, 2.75) is 77.2 Å². The fraction of sp³-hybridized carbons (Fsp3) is 0.560. The van der Waals surface area contributed by atoms with E-state index in [1.807, 2.05) is 32.9 Å². The molecule has 0 aromatic carbocycles. The number of unbranched alkanes of at least 4 members (excludes halogenated alkanes) is 1. The van der Waals surface area contributed by atoms with Crippen LogP contribution in [0.1, 0.15) is 58.4 Å². The zero-order chi connectivity index (χ0) is 24.2. The molecule has 2 amide bonds. The van der Waals surface area contributed by atoms with Crippen LogP contribution in [-0.4, -0.2) is 46.2 Å². The lowest BCUT2D eigenvalue weighted by atomic mass is 9.93. The first-order chi connectivity index (χ1) is 15.6. The van der Waals surface area contributed by atoms with Crippen LogP contribution in [0.5, 0.6) is 0 Å². The van der Waals surface area contributed by atoms with Gasteiger partial charge in [0.2, 0.25) is 5.91 Å². The number of nitrogens with zero attached hydrogens (tertiary/aromatic N) is 2. The van der Waals surface area contributed by atoms with Crippen LogP contribution in [0.2, 0.25) is 0 Å². The second-order valence-electron chi connectivity index (χ2n) is 9.81. The minimum atomic E-state index is -0.636. The summed E-state index contributed by atoms with van der Waals surface area (Å²) in [5.74, 6) is 0.163. The smallest absolute Gasteiger partial charge is 0.411 e. The Kier molecular flexibility index (Phi) is 8.00. The zero-order valence-electron chi connectivity index (χ0n) is 19.7. The standard InChI is InChI=1S/C25H34BrN3O4/c1-6-8-9-12-25-14-18(29(19(25)15-25)23(31)33-24(3,4)5)22(30)28-21-17(16-32-13-7-2)10-11-20(26)27-21/h6-7,10-11,18-19H,1-2,8-9,12-16H2,3-5H3,(H,27,28,30). The van der Waals surface area contributed by atoms with E-state index in [1.54, 1.807) is 17.0 Å². The van der Waals surface area contributed by atoms with Crippen LogP contribution in [0.4, 0.5) is 10.6 Å². The van der Waals surface area contributed by atoms with Crippen LogP contribution in [0.15, 0.2) is 42.0 Å². The molecule has 1 aromatic heterocycles. The molecule has 3 rings (SSSR count). The van der Waals surface area contributed by atoms with Gasteiger partial charge in [-0.1, -0.05) is 18.2 Å². The summed E-state index contributed by atoms with van der Waals surface area (Å²) < 4.78 is 11.8. The van der Waals surface area contributed by atoms with Crippen molar-refractivity contribution in [3.63, 3.8) is 0 Å². The van der Waals surface area contributed by atoms with E-state index in [1.165, 1.54) is 0 Å². The Bertz CT molecular complexity index is 913. The number of likely N-dealkylation sites (tertiary alicyclic amines) is 1. The van der Waals surface area contributed by atoms with Gasteiger partial charge in [0, 0.05) is 11.6 Å². The van der Waals surface area contributed by atoms with E-state index in [0.29, 0.717) is 23.4 Å². The Balaban J connectivity index is 1.79. The number of aromatic nitrogens is 1. The monoisotopic (exact) mass is 519 g/mol. The van der Waals surface area contributed by atoms with E-state index in [-0.39, 0.29) is 24.0 Å². The summed E-state index contributed by atoms with van der Waals surface area (Å²) in [5.41, 5.74) is 0.0894. The third-order valence-electron chi connectivity index (χ3n) is 6.09. The van der Waals surface area contributed by atoms with Crippen molar-refractivity contribution in [2.24, 2.45) is 5.41 Å². The zero-order valence-corrected chi connectivity index (χ0v) is 21.3. The van der Waals surface area contributed by atoms with Gasteiger partial charge >= 0.3 is 6.09 Å². The van der Waals surface area contributed by atoms with Gasteiger partial charge in [-0.3, -0.25) is 9.69 Å². The number of ether oxygens (including phenoxy) is 2. The number of hydrogen-bond donors (Lipinski definition) is 1. The van der Waals surface area contributed by atoms with Crippen LogP contribution in [0.25, 0.3) is 0 Å². The van der Waals surface area contributed by atoms with E-state index in [0.717, 1.165) is 31.2 Å². The maximum absolute atomic E-state index is 13.4. The SMILES string of the molecule is C=CCCCC12CC(C(=O)Nc3nc(Br)ccc3COCC=C)N(C(=O)OC(C)(C)C)C1C2. The van der Waals surface area contributed by atoms with Gasteiger partial charge in [0.05, 0.1) is 13.2 Å². The quantitative estimate of drug-likeness (QED) is 0.247. The number of pyridine rings is 1. The average molecular weight is 520 g/mol. The molecule has 0 bridgehead atoms. The van der Waals surface area contributed by atoms with Crippen molar-refractivity contribution in [2.75, 3.05) is 11.9 Å². The number of carbonyl (C=O) groups excluding carboxylic acids is 2. The van der Waals surface area contributed by atoms with Gasteiger partial charge in [-0.2, -0.15) is 0 Å². The topological polar surface area (TPSA) is 80.8 Å². The first-order valence-corrected chi connectivity index (χ1v) is 12.2. The third kappa shape index (κ3) is 6.23. The Labute approximate surface area is 204 Å². The first kappa shape index (κ1) is 25.4. The Morgan fingerprint density at radius 2 is 2.06 bits per heavy atom. The van der Waals surface area contributed by atoms with E-state index >= 15 is 0 Å². The summed E-state index contributed by atoms with van der Waals surface area (Å²) in [6.45, 7) is 13.6. The number of piperidine rings is 1. The highest BCUT2D eigenvalue weighted by atomic mass is 79.9. The second kappa shape index (κ2) is 10.4. The number of rotatable bonds is 10. The van der Waals surface area contributed by atoms with Gasteiger partial charge in [0.15, 0.2) is 0 Å². The molecule has 1 aromatic rings. The van der Waals surface area contributed by atoms with Gasteiger partial charge in [-0.25, -0.2) is 9.78 Å². The summed E-state index contributed by atoms with van der Waals surface area (Å²) in [4.78, 5) is 32.6. The van der Waals surface area contributed by atoms with E-state index in [4.69, 9.17) is 9.47 Å². The molecule has 180 valence electrons. The Hall–Kier alpha value is -2.19. The van der Waals surface area contributed by atoms with Gasteiger partial charge in [-0.15, -0.1) is 13.2 Å². The lowest BCUT2D eigenvalue weighted by Gasteiger charge is -2.30. The maximum Gasteiger partial charge on any atom is 0.411 e. The third-order valence-corrected chi connectivity index (χ3v) is 6.53. The molecule has 2 fully saturated rings. The summed E-state index contributed by atoms with van der Waals surface area (Å²) in [6, 6.07) is 3.07. The van der Waals surface area contributed by atoms with E-state index in [9.17, 15) is 9.59 Å². The van der Waals surface area contributed by atoms with Gasteiger partial charge in [0.25, 0.3) is 0 Å². The van der Waals surface area contributed by atoms with Gasteiger partial charge in [0.1, 0.15) is 22.1 Å². The van der Waals surface area contributed by atoms with Crippen molar-refractivity contribution in [1.29, 1.82) is 0 Å². The number of anilines is 1. The second-order valence-corrected chi connectivity index (χ2v) is 10.6. The lowest BCUT2D eigenvalue weighted by Crippen LogP contribution is -2.47. The minimum Gasteiger partial charge on any atom is -0.444 e.